The predicted octanol–water partition coefficient (Wildman–Crippen LogP) is 2.43. The molecule has 0 saturated carbocycles. The molecule has 1 amide bonds. The number of hydrogen-bond acceptors (Lipinski definition) is 5. The number of esters is 1. The van der Waals surface area contributed by atoms with E-state index in [2.05, 4.69) is 5.32 Å². The molecule has 0 aliphatic heterocycles. The highest BCUT2D eigenvalue weighted by Crippen LogP contribution is 2.23. The Kier molecular flexibility index (Phi) is 8.18. The third-order valence-corrected chi connectivity index (χ3v) is 4.42. The number of ether oxygens (including phenoxy) is 1. The number of aliphatic hydroxyl groups is 1. The van der Waals surface area contributed by atoms with Gasteiger partial charge in [0.05, 0.1) is 6.61 Å². The Morgan fingerprint density at radius 3 is 2.38 bits per heavy atom. The van der Waals surface area contributed by atoms with Gasteiger partial charge < -0.3 is 20.3 Å². The zero-order chi connectivity index (χ0) is 21.4. The van der Waals surface area contributed by atoms with Crippen LogP contribution in [0.25, 0.3) is 11.1 Å². The molecule has 0 radical (unpaired) electrons. The highest BCUT2D eigenvalue weighted by atomic mass is 35.5. The molecule has 7 nitrogen and oxygen atoms in total. The van der Waals surface area contributed by atoms with Crippen molar-refractivity contribution in [3.8, 4) is 11.1 Å². The van der Waals surface area contributed by atoms with Crippen molar-refractivity contribution in [3.05, 3.63) is 59.1 Å². The highest BCUT2D eigenvalue weighted by Gasteiger charge is 2.25. The van der Waals surface area contributed by atoms with Gasteiger partial charge in [0.2, 0.25) is 0 Å². The number of aliphatic hydroxyl groups excluding tert-OH is 1. The Hall–Kier alpha value is -2.90. The molecule has 0 unspecified atom stereocenters. The fraction of sp³-hybridized carbons (Fsp3) is 0.286. The number of carbonyl (C=O) groups is 3. The van der Waals surface area contributed by atoms with Crippen molar-refractivity contribution in [2.45, 2.75) is 31.9 Å². The Labute approximate surface area is 173 Å². The Balaban J connectivity index is 2.13. The van der Waals surface area contributed by atoms with Crippen LogP contribution >= 0.6 is 11.6 Å². The molecule has 8 heteroatoms. The lowest BCUT2D eigenvalue weighted by Gasteiger charge is -2.20. The number of carbonyl (C=O) groups excluding carboxylic acids is 2. The highest BCUT2D eigenvalue weighted by molar-refractivity contribution is 6.31. The fourth-order valence-electron chi connectivity index (χ4n) is 2.83. The first kappa shape index (κ1) is 22.4. The van der Waals surface area contributed by atoms with E-state index in [9.17, 15) is 19.5 Å². The molecule has 2 rings (SSSR count). The molecule has 0 spiro atoms. The molecular formula is C21H22ClNO6. The third kappa shape index (κ3) is 6.89. The van der Waals surface area contributed by atoms with E-state index < -0.39 is 30.0 Å². The summed E-state index contributed by atoms with van der Waals surface area (Å²) in [7, 11) is 0. The molecule has 0 saturated heterocycles. The van der Waals surface area contributed by atoms with E-state index in [-0.39, 0.29) is 19.4 Å². The minimum atomic E-state index is -1.64. The van der Waals surface area contributed by atoms with Crippen molar-refractivity contribution in [1.29, 1.82) is 0 Å². The molecule has 2 atom stereocenters. The summed E-state index contributed by atoms with van der Waals surface area (Å²) < 4.78 is 4.75. The SMILES string of the molecule is CCOC(=O)[C@H](O)C[C@@H](Cc1ccc(-c2cccc(Cl)c2)cc1)NC(=O)C(=O)O. The molecule has 2 aromatic carbocycles. The minimum absolute atomic E-state index is 0.104. The second-order valence-corrected chi connectivity index (χ2v) is 6.83. The Morgan fingerprint density at radius 1 is 1.10 bits per heavy atom. The summed E-state index contributed by atoms with van der Waals surface area (Å²) >= 11 is 6.02. The lowest BCUT2D eigenvalue weighted by Crippen LogP contribution is -2.43. The first-order valence-electron chi connectivity index (χ1n) is 9.03. The van der Waals surface area contributed by atoms with Crippen LogP contribution in [0.1, 0.15) is 18.9 Å². The fourth-order valence-corrected chi connectivity index (χ4v) is 3.02. The van der Waals surface area contributed by atoms with Crippen molar-refractivity contribution >= 4 is 29.4 Å². The Morgan fingerprint density at radius 2 is 1.79 bits per heavy atom. The number of hydrogen-bond donors (Lipinski definition) is 3. The average Bonchev–Trinajstić information content (AvgIpc) is 2.68. The number of carboxylic acid groups (broad SMARTS) is 1. The molecule has 3 N–H and O–H groups in total. The van der Waals surface area contributed by atoms with Crippen molar-refractivity contribution in [2.75, 3.05) is 6.61 Å². The normalized spacial score (nSPS) is 12.7. The summed E-state index contributed by atoms with van der Waals surface area (Å²) in [6.45, 7) is 1.71. The number of aliphatic carboxylic acids is 1. The van der Waals surface area contributed by atoms with Crippen LogP contribution in [0.15, 0.2) is 48.5 Å². The van der Waals surface area contributed by atoms with E-state index in [1.807, 2.05) is 42.5 Å². The number of halogens is 1. The summed E-state index contributed by atoms with van der Waals surface area (Å²) in [5, 5.41) is 21.8. The van der Waals surface area contributed by atoms with Gasteiger partial charge in [-0.2, -0.15) is 0 Å². The van der Waals surface area contributed by atoms with Crippen LogP contribution in [0.4, 0.5) is 0 Å². The molecule has 154 valence electrons. The van der Waals surface area contributed by atoms with Crippen LogP contribution in [0.2, 0.25) is 5.02 Å². The van der Waals surface area contributed by atoms with Crippen molar-refractivity contribution < 1.29 is 29.3 Å². The van der Waals surface area contributed by atoms with Crippen molar-refractivity contribution in [3.63, 3.8) is 0 Å². The largest absolute Gasteiger partial charge is 0.474 e. The zero-order valence-electron chi connectivity index (χ0n) is 15.8. The Bertz CT molecular complexity index is 868. The lowest BCUT2D eigenvalue weighted by atomic mass is 9.98. The van der Waals surface area contributed by atoms with Gasteiger partial charge >= 0.3 is 17.8 Å². The first-order valence-corrected chi connectivity index (χ1v) is 9.41. The maximum atomic E-state index is 11.7. The average molecular weight is 420 g/mol. The van der Waals surface area contributed by atoms with Crippen molar-refractivity contribution in [2.24, 2.45) is 0 Å². The molecular weight excluding hydrogens is 398 g/mol. The van der Waals surface area contributed by atoms with E-state index in [0.717, 1.165) is 16.7 Å². The second kappa shape index (κ2) is 10.6. The number of benzene rings is 2. The van der Waals surface area contributed by atoms with Gasteiger partial charge in [-0.25, -0.2) is 9.59 Å². The number of amides is 1. The van der Waals surface area contributed by atoms with E-state index in [0.29, 0.717) is 5.02 Å². The summed E-state index contributed by atoms with van der Waals surface area (Å²) in [6, 6.07) is 14.0. The van der Waals surface area contributed by atoms with E-state index >= 15 is 0 Å². The molecule has 0 heterocycles. The molecule has 0 aliphatic rings. The minimum Gasteiger partial charge on any atom is -0.474 e. The summed E-state index contributed by atoms with van der Waals surface area (Å²) in [5.41, 5.74) is 2.67. The van der Waals surface area contributed by atoms with E-state index in [1.54, 1.807) is 13.0 Å². The quantitative estimate of drug-likeness (QED) is 0.447. The molecule has 0 fully saturated rings. The zero-order valence-corrected chi connectivity index (χ0v) is 16.6. The topological polar surface area (TPSA) is 113 Å². The molecule has 0 bridgehead atoms. The smallest absolute Gasteiger partial charge is 0.394 e. The monoisotopic (exact) mass is 419 g/mol. The third-order valence-electron chi connectivity index (χ3n) is 4.19. The number of nitrogens with one attached hydrogen (secondary N) is 1. The van der Waals surface area contributed by atoms with Gasteiger partial charge in [0.15, 0.2) is 6.10 Å². The van der Waals surface area contributed by atoms with Gasteiger partial charge in [-0.1, -0.05) is 48.0 Å². The summed E-state index contributed by atoms with van der Waals surface area (Å²) in [6.07, 6.45) is -1.42. The van der Waals surface area contributed by atoms with Crippen LogP contribution in [-0.4, -0.2) is 46.8 Å². The summed E-state index contributed by atoms with van der Waals surface area (Å²) in [4.78, 5) is 34.1. The lowest BCUT2D eigenvalue weighted by molar-refractivity contribution is -0.154. The van der Waals surface area contributed by atoms with Crippen LogP contribution in [0, 0.1) is 0 Å². The van der Waals surface area contributed by atoms with Gasteiger partial charge in [-0.15, -0.1) is 0 Å². The summed E-state index contributed by atoms with van der Waals surface area (Å²) in [5.74, 6) is -3.67. The van der Waals surface area contributed by atoms with Gasteiger partial charge in [-0.05, 0) is 42.2 Å². The van der Waals surface area contributed by atoms with Crippen LogP contribution in [-0.2, 0) is 25.5 Å². The number of rotatable bonds is 8. The van der Waals surface area contributed by atoms with Crippen LogP contribution in [0.5, 0.6) is 0 Å². The van der Waals surface area contributed by atoms with E-state index in [4.69, 9.17) is 21.4 Å². The first-order chi connectivity index (χ1) is 13.8. The molecule has 2 aromatic rings. The van der Waals surface area contributed by atoms with Gasteiger partial charge in [-0.3, -0.25) is 4.79 Å². The standard InChI is InChI=1S/C21H22ClNO6/c1-2-29-21(28)18(24)12-17(23-19(25)20(26)27)10-13-6-8-14(9-7-13)15-4-3-5-16(22)11-15/h3-9,11,17-18,24H,2,10,12H2,1H3,(H,23,25)(H,26,27)/t17-,18-/m1/s1. The van der Waals surface area contributed by atoms with Gasteiger partial charge in [0.1, 0.15) is 0 Å². The maximum Gasteiger partial charge on any atom is 0.394 e. The van der Waals surface area contributed by atoms with Gasteiger partial charge in [0, 0.05) is 17.5 Å². The predicted molar refractivity (Wildman–Crippen MR) is 107 cm³/mol. The van der Waals surface area contributed by atoms with Crippen LogP contribution < -0.4 is 5.32 Å². The molecule has 0 aliphatic carbocycles. The molecule has 0 aromatic heterocycles. The second-order valence-electron chi connectivity index (χ2n) is 6.39. The number of carboxylic acids is 1. The van der Waals surface area contributed by atoms with Crippen molar-refractivity contribution in [1.82, 2.24) is 5.32 Å². The molecule has 29 heavy (non-hydrogen) atoms. The van der Waals surface area contributed by atoms with Gasteiger partial charge in [0.25, 0.3) is 0 Å². The maximum absolute atomic E-state index is 11.7. The van der Waals surface area contributed by atoms with E-state index in [1.165, 1.54) is 0 Å². The van der Waals surface area contributed by atoms with Crippen LogP contribution in [0.3, 0.4) is 0 Å².